The minimum Gasteiger partial charge on any atom is -0.495 e. The number of hydrogen-bond donors (Lipinski definition) is 4. The van der Waals surface area contributed by atoms with Crippen LogP contribution in [0.4, 0.5) is 23.1 Å². The molecule has 1 atom stereocenters. The lowest BCUT2D eigenvalue weighted by molar-refractivity contribution is -0.123. The number of para-hydroxylation sites is 1. The van der Waals surface area contributed by atoms with Gasteiger partial charge in [-0.3, -0.25) is 19.4 Å². The maximum absolute atomic E-state index is 13.0. The number of aromatic nitrogens is 2. The molecular formula is C22H21N5O4. The van der Waals surface area contributed by atoms with Crippen LogP contribution in [0.25, 0.3) is 0 Å². The first kappa shape index (κ1) is 20.1. The van der Waals surface area contributed by atoms with Crippen molar-refractivity contribution in [1.82, 2.24) is 9.97 Å². The number of aryl methyl sites for hydroxylation is 1. The van der Waals surface area contributed by atoms with Crippen molar-refractivity contribution >= 4 is 35.0 Å². The van der Waals surface area contributed by atoms with Gasteiger partial charge in [0.2, 0.25) is 17.8 Å². The lowest BCUT2D eigenvalue weighted by Crippen LogP contribution is -2.36. The van der Waals surface area contributed by atoms with Crippen molar-refractivity contribution < 1.29 is 14.3 Å². The molecule has 4 rings (SSSR count). The van der Waals surface area contributed by atoms with Crippen LogP contribution in [0.3, 0.4) is 0 Å². The number of anilines is 4. The molecule has 3 aromatic rings. The standard InChI is InChI=1S/C22H21N5O4/c1-12-8-9-16(31-2)15(10-12)24-20(29)14-11-17(28)25-19-18(14)21(30)27-22(26-19)23-13-6-4-3-5-7-13/h3-10,14H,11H2,1-2H3,(H,24,29)(H3,23,25,26,27,28,30)/t14-/m0/s1. The third kappa shape index (κ3) is 4.25. The monoisotopic (exact) mass is 419 g/mol. The average molecular weight is 419 g/mol. The van der Waals surface area contributed by atoms with Crippen LogP contribution in [0.5, 0.6) is 5.75 Å². The van der Waals surface area contributed by atoms with E-state index < -0.39 is 23.3 Å². The van der Waals surface area contributed by atoms with Crippen LogP contribution >= 0.6 is 0 Å². The number of nitrogens with one attached hydrogen (secondary N) is 4. The number of amides is 2. The van der Waals surface area contributed by atoms with Gasteiger partial charge in [-0.05, 0) is 36.8 Å². The van der Waals surface area contributed by atoms with Gasteiger partial charge in [-0.1, -0.05) is 24.3 Å². The Hall–Kier alpha value is -4.14. The molecule has 2 heterocycles. The third-order valence-electron chi connectivity index (χ3n) is 4.92. The fraction of sp³-hybridized carbons (Fsp3) is 0.182. The number of ether oxygens (including phenoxy) is 1. The Morgan fingerprint density at radius 1 is 1.16 bits per heavy atom. The van der Waals surface area contributed by atoms with Gasteiger partial charge < -0.3 is 20.7 Å². The molecule has 2 amide bonds. The Kier molecular flexibility index (Phi) is 5.40. The molecule has 1 aromatic heterocycles. The number of hydrogen-bond acceptors (Lipinski definition) is 6. The Morgan fingerprint density at radius 2 is 1.94 bits per heavy atom. The molecule has 0 radical (unpaired) electrons. The topological polar surface area (TPSA) is 125 Å². The van der Waals surface area contributed by atoms with E-state index in [2.05, 4.69) is 25.9 Å². The van der Waals surface area contributed by atoms with E-state index in [1.807, 2.05) is 43.3 Å². The van der Waals surface area contributed by atoms with Crippen molar-refractivity contribution in [2.45, 2.75) is 19.3 Å². The van der Waals surface area contributed by atoms with Crippen molar-refractivity contribution in [3.05, 3.63) is 70.0 Å². The summed E-state index contributed by atoms with van der Waals surface area (Å²) in [7, 11) is 1.50. The van der Waals surface area contributed by atoms with E-state index in [0.29, 0.717) is 17.1 Å². The highest BCUT2D eigenvalue weighted by molar-refractivity contribution is 6.05. The number of nitrogens with zero attached hydrogens (tertiary/aromatic N) is 1. The summed E-state index contributed by atoms with van der Waals surface area (Å²) in [4.78, 5) is 45.1. The fourth-order valence-electron chi connectivity index (χ4n) is 3.45. The maximum atomic E-state index is 13.0. The van der Waals surface area contributed by atoms with Gasteiger partial charge in [0.15, 0.2) is 0 Å². The molecule has 0 bridgehead atoms. The first-order valence-electron chi connectivity index (χ1n) is 9.66. The first-order chi connectivity index (χ1) is 14.9. The summed E-state index contributed by atoms with van der Waals surface area (Å²) in [6.45, 7) is 1.88. The molecule has 0 fully saturated rings. The maximum Gasteiger partial charge on any atom is 0.258 e. The highest BCUT2D eigenvalue weighted by Crippen LogP contribution is 2.32. The number of methoxy groups -OCH3 is 1. The highest BCUT2D eigenvalue weighted by atomic mass is 16.5. The quantitative estimate of drug-likeness (QED) is 0.504. The van der Waals surface area contributed by atoms with E-state index in [1.165, 1.54) is 7.11 Å². The molecule has 0 saturated carbocycles. The molecule has 0 unspecified atom stereocenters. The van der Waals surface area contributed by atoms with Crippen LogP contribution in [0.1, 0.15) is 23.5 Å². The second-order valence-electron chi connectivity index (χ2n) is 7.17. The van der Waals surface area contributed by atoms with Crippen molar-refractivity contribution in [3.8, 4) is 5.75 Å². The van der Waals surface area contributed by atoms with E-state index in [1.54, 1.807) is 12.1 Å². The Bertz CT molecular complexity index is 1210. The molecular weight excluding hydrogens is 398 g/mol. The normalized spacial score (nSPS) is 14.9. The van der Waals surface area contributed by atoms with Crippen molar-refractivity contribution in [2.24, 2.45) is 0 Å². The van der Waals surface area contributed by atoms with Crippen LogP contribution in [-0.2, 0) is 9.59 Å². The highest BCUT2D eigenvalue weighted by Gasteiger charge is 2.35. The van der Waals surface area contributed by atoms with Crippen LogP contribution in [-0.4, -0.2) is 28.9 Å². The lowest BCUT2D eigenvalue weighted by Gasteiger charge is -2.24. The molecule has 1 aliphatic rings. The lowest BCUT2D eigenvalue weighted by atomic mass is 9.92. The van der Waals surface area contributed by atoms with Crippen LogP contribution in [0.2, 0.25) is 0 Å². The van der Waals surface area contributed by atoms with Crippen LogP contribution in [0, 0.1) is 6.92 Å². The van der Waals surface area contributed by atoms with Gasteiger partial charge in [0.05, 0.1) is 24.3 Å². The number of fused-ring (bicyclic) bond motifs is 1. The van der Waals surface area contributed by atoms with Crippen molar-refractivity contribution in [1.29, 1.82) is 0 Å². The SMILES string of the molecule is COc1ccc(C)cc1NC(=O)[C@H]1CC(=O)Nc2nc(Nc3ccccc3)[nH]c(=O)c21. The molecule has 31 heavy (non-hydrogen) atoms. The minimum absolute atomic E-state index is 0.0646. The number of rotatable bonds is 5. The smallest absolute Gasteiger partial charge is 0.258 e. The number of carbonyl (C=O) groups is 2. The van der Waals surface area contributed by atoms with Crippen molar-refractivity contribution in [3.63, 3.8) is 0 Å². The summed E-state index contributed by atoms with van der Waals surface area (Å²) >= 11 is 0. The van der Waals surface area contributed by atoms with Crippen molar-refractivity contribution in [2.75, 3.05) is 23.1 Å². The van der Waals surface area contributed by atoms with E-state index in [-0.39, 0.29) is 23.8 Å². The number of benzene rings is 2. The summed E-state index contributed by atoms with van der Waals surface area (Å²) in [5.41, 5.74) is 1.72. The van der Waals surface area contributed by atoms with Crippen LogP contribution < -0.4 is 26.2 Å². The Labute approximate surface area is 177 Å². The minimum atomic E-state index is -0.990. The second kappa shape index (κ2) is 8.31. The number of aromatic amines is 1. The van der Waals surface area contributed by atoms with Gasteiger partial charge in [-0.2, -0.15) is 4.98 Å². The predicted octanol–water partition coefficient (Wildman–Crippen LogP) is 2.90. The van der Waals surface area contributed by atoms with Crippen LogP contribution in [0.15, 0.2) is 53.3 Å². The average Bonchev–Trinajstić information content (AvgIpc) is 2.73. The molecule has 0 spiro atoms. The van der Waals surface area contributed by atoms with Gasteiger partial charge in [-0.15, -0.1) is 0 Å². The summed E-state index contributed by atoms with van der Waals surface area (Å²) in [5.74, 6) is -1.17. The summed E-state index contributed by atoms with van der Waals surface area (Å²) in [5, 5.41) is 8.35. The molecule has 9 nitrogen and oxygen atoms in total. The molecule has 158 valence electrons. The van der Waals surface area contributed by atoms with E-state index in [0.717, 1.165) is 5.56 Å². The van der Waals surface area contributed by atoms with Gasteiger partial charge in [0.25, 0.3) is 5.56 Å². The van der Waals surface area contributed by atoms with E-state index in [9.17, 15) is 14.4 Å². The zero-order chi connectivity index (χ0) is 22.0. The van der Waals surface area contributed by atoms with Gasteiger partial charge in [-0.25, -0.2) is 0 Å². The molecule has 2 aromatic carbocycles. The zero-order valence-electron chi connectivity index (χ0n) is 17.0. The zero-order valence-corrected chi connectivity index (χ0v) is 17.0. The molecule has 9 heteroatoms. The second-order valence-corrected chi connectivity index (χ2v) is 7.17. The number of H-pyrrole nitrogens is 1. The first-order valence-corrected chi connectivity index (χ1v) is 9.66. The van der Waals surface area contributed by atoms with Gasteiger partial charge in [0.1, 0.15) is 11.6 Å². The fourth-order valence-corrected chi connectivity index (χ4v) is 3.45. The predicted molar refractivity (Wildman–Crippen MR) is 117 cm³/mol. The summed E-state index contributed by atoms with van der Waals surface area (Å²) < 4.78 is 5.29. The van der Waals surface area contributed by atoms with Gasteiger partial charge in [0, 0.05) is 12.1 Å². The Balaban J connectivity index is 1.66. The molecule has 1 aliphatic heterocycles. The summed E-state index contributed by atoms with van der Waals surface area (Å²) in [6, 6.07) is 14.5. The molecule has 0 aliphatic carbocycles. The Morgan fingerprint density at radius 3 is 2.68 bits per heavy atom. The van der Waals surface area contributed by atoms with E-state index >= 15 is 0 Å². The third-order valence-corrected chi connectivity index (χ3v) is 4.92. The molecule has 0 saturated heterocycles. The summed E-state index contributed by atoms with van der Waals surface area (Å²) in [6.07, 6.45) is -0.164. The number of carbonyl (C=O) groups excluding carboxylic acids is 2. The largest absolute Gasteiger partial charge is 0.495 e. The van der Waals surface area contributed by atoms with E-state index in [4.69, 9.17) is 4.74 Å². The van der Waals surface area contributed by atoms with Gasteiger partial charge >= 0.3 is 0 Å². The molecule has 4 N–H and O–H groups in total.